The van der Waals surface area contributed by atoms with Crippen LogP contribution in [-0.2, 0) is 23.7 Å². The van der Waals surface area contributed by atoms with Crippen LogP contribution in [0.1, 0.15) is 67.7 Å². The van der Waals surface area contributed by atoms with Crippen molar-refractivity contribution in [3.63, 3.8) is 0 Å². The molecule has 2 saturated heterocycles. The maximum atomic E-state index is 14.6. The highest BCUT2D eigenvalue weighted by Gasteiger charge is 2.84. The fourth-order valence-corrected chi connectivity index (χ4v) is 7.95. The van der Waals surface area contributed by atoms with Crippen LogP contribution in [0.5, 0.6) is 0 Å². The number of ketones is 1. The van der Waals surface area contributed by atoms with Gasteiger partial charge in [-0.3, -0.25) is 9.69 Å². The molecule has 0 radical (unpaired) electrons. The number of nitrogens with zero attached hydrogens (tertiary/aromatic N) is 1. The fourth-order valence-electron chi connectivity index (χ4n) is 7.95. The van der Waals surface area contributed by atoms with Gasteiger partial charge in [0.2, 0.25) is 6.41 Å². The van der Waals surface area contributed by atoms with Gasteiger partial charge in [0.25, 0.3) is 0 Å². The van der Waals surface area contributed by atoms with E-state index in [0.29, 0.717) is 13.0 Å². The topological polar surface area (TPSA) is 107 Å². The number of ether oxygens (including phenoxy) is 4. The summed E-state index contributed by atoms with van der Waals surface area (Å²) >= 11 is 0. The van der Waals surface area contributed by atoms with Gasteiger partial charge in [-0.25, -0.2) is 4.79 Å². The summed E-state index contributed by atoms with van der Waals surface area (Å²) in [4.78, 5) is 29.4. The van der Waals surface area contributed by atoms with Gasteiger partial charge in [-0.1, -0.05) is 40.7 Å². The van der Waals surface area contributed by atoms with Crippen molar-refractivity contribution in [2.45, 2.75) is 109 Å². The third-order valence-electron chi connectivity index (χ3n) is 9.51. The molecule has 2 aliphatic carbocycles. The predicted octanol–water partition coefficient (Wildman–Crippen LogP) is 3.25. The van der Waals surface area contributed by atoms with Gasteiger partial charge in [0, 0.05) is 24.3 Å². The average molecular weight is 523 g/mol. The highest BCUT2D eigenvalue weighted by molar-refractivity contribution is 5.93. The molecule has 0 aromatic heterocycles. The zero-order valence-corrected chi connectivity index (χ0v) is 23.9. The number of carbonyl (C=O) groups excluding carboxylic acids is 2. The molecular weight excluding hydrogens is 476 g/mol. The molecule has 4 rings (SSSR count). The SMILES string of the molecule is C=C[C@@]1(C)CC(=O)[C@@]23OC(N(C)C)O[C@H]4CCC(C)(C)[C@H]([C@H](O)[C@H](OC(=O)NCC(C)C)[C@@]2(C)O1)[C@]43C. The quantitative estimate of drug-likeness (QED) is 0.530. The Balaban J connectivity index is 1.95. The largest absolute Gasteiger partial charge is 0.440 e. The number of rotatable bonds is 5. The van der Waals surface area contributed by atoms with E-state index in [1.54, 1.807) is 24.8 Å². The van der Waals surface area contributed by atoms with E-state index in [4.69, 9.17) is 18.9 Å². The Morgan fingerprint density at radius 2 is 1.92 bits per heavy atom. The van der Waals surface area contributed by atoms with Crippen molar-refractivity contribution in [1.82, 2.24) is 10.2 Å². The van der Waals surface area contributed by atoms with Gasteiger partial charge in [0.1, 0.15) is 5.60 Å². The molecule has 1 spiro atoms. The third-order valence-corrected chi connectivity index (χ3v) is 9.51. The summed E-state index contributed by atoms with van der Waals surface area (Å²) in [5.74, 6) is -0.418. The van der Waals surface area contributed by atoms with Gasteiger partial charge in [-0.15, -0.1) is 6.58 Å². The molecule has 9 atom stereocenters. The molecule has 9 nitrogen and oxygen atoms in total. The third kappa shape index (κ3) is 3.91. The Morgan fingerprint density at radius 3 is 2.49 bits per heavy atom. The number of alkyl carbamates (subject to hydrolysis) is 1. The van der Waals surface area contributed by atoms with Crippen molar-refractivity contribution in [1.29, 1.82) is 0 Å². The zero-order valence-electron chi connectivity index (χ0n) is 23.9. The van der Waals surface area contributed by atoms with Crippen LogP contribution in [-0.4, -0.2) is 84.1 Å². The monoisotopic (exact) mass is 522 g/mol. The van der Waals surface area contributed by atoms with Crippen LogP contribution in [0.4, 0.5) is 4.79 Å². The van der Waals surface area contributed by atoms with Crippen molar-refractivity contribution in [2.75, 3.05) is 20.6 Å². The lowest BCUT2D eigenvalue weighted by atomic mass is 9.39. The molecule has 2 aliphatic heterocycles. The Hall–Kier alpha value is -1.52. The number of hydrogen-bond donors (Lipinski definition) is 2. The molecular formula is C28H46N2O7. The first-order valence-electron chi connectivity index (χ1n) is 13.5. The van der Waals surface area contributed by atoms with E-state index in [0.717, 1.165) is 6.42 Å². The molecule has 0 aromatic rings. The number of carbonyl (C=O) groups is 2. The highest BCUT2D eigenvalue weighted by atomic mass is 16.7. The van der Waals surface area contributed by atoms with Gasteiger partial charge in [-0.2, -0.15) is 0 Å². The molecule has 210 valence electrons. The van der Waals surface area contributed by atoms with Crippen LogP contribution in [0, 0.1) is 22.7 Å². The lowest BCUT2D eigenvalue weighted by Crippen LogP contribution is -2.89. The molecule has 1 amide bonds. The molecule has 4 aliphatic rings. The smallest absolute Gasteiger partial charge is 0.407 e. The standard InChI is InChI=1S/C28H46N2O7/c1-11-25(6)14-17(31)28-26(7)18(34-23(36-28)30(9)10)12-13-24(4,5)20(26)19(32)21(27(28,8)37-25)35-22(33)29-15-16(2)3/h11,16,18-21,23,32H,1,12-15H2,2-10H3,(H,29,33)/t18-,19-,20-,21-,23?,25-,26-,27+,28-/m0/s1. The van der Waals surface area contributed by atoms with Crippen LogP contribution in [0.2, 0.25) is 0 Å². The van der Waals surface area contributed by atoms with Crippen LogP contribution >= 0.6 is 0 Å². The first kappa shape index (κ1) is 28.5. The van der Waals surface area contributed by atoms with Crippen molar-refractivity contribution in [3.8, 4) is 0 Å². The van der Waals surface area contributed by atoms with Crippen LogP contribution in [0.3, 0.4) is 0 Å². The number of nitrogens with one attached hydrogen (secondary N) is 1. The van der Waals surface area contributed by atoms with Gasteiger partial charge < -0.3 is 29.4 Å². The summed E-state index contributed by atoms with van der Waals surface area (Å²) in [6.07, 6.45) is -1.05. The Morgan fingerprint density at radius 1 is 1.27 bits per heavy atom. The molecule has 2 heterocycles. The van der Waals surface area contributed by atoms with E-state index < -0.39 is 58.3 Å². The Labute approximate surface area is 221 Å². The fraction of sp³-hybridized carbons (Fsp3) is 0.857. The average Bonchev–Trinajstić information content (AvgIpc) is 2.77. The number of amides is 1. The first-order valence-corrected chi connectivity index (χ1v) is 13.5. The van der Waals surface area contributed by atoms with Gasteiger partial charge in [-0.05, 0) is 52.1 Å². The van der Waals surface area contributed by atoms with Crippen LogP contribution in [0.15, 0.2) is 12.7 Å². The summed E-state index contributed by atoms with van der Waals surface area (Å²) in [5.41, 5.74) is -5.47. The molecule has 9 heteroatoms. The second-order valence-corrected chi connectivity index (χ2v) is 13.4. The molecule has 0 aromatic carbocycles. The van der Waals surface area contributed by atoms with E-state index in [1.807, 2.05) is 34.9 Å². The van der Waals surface area contributed by atoms with Crippen molar-refractivity contribution < 1.29 is 33.6 Å². The molecule has 2 saturated carbocycles. The maximum Gasteiger partial charge on any atom is 0.407 e. The number of aliphatic hydroxyl groups excluding tert-OH is 1. The van der Waals surface area contributed by atoms with E-state index in [9.17, 15) is 14.7 Å². The minimum Gasteiger partial charge on any atom is -0.440 e. The lowest BCUT2D eigenvalue weighted by molar-refractivity contribution is -0.456. The maximum absolute atomic E-state index is 14.6. The number of aliphatic hydroxyl groups is 1. The van der Waals surface area contributed by atoms with Crippen LogP contribution < -0.4 is 5.32 Å². The van der Waals surface area contributed by atoms with E-state index >= 15 is 0 Å². The van der Waals surface area contributed by atoms with E-state index in [1.165, 1.54) is 0 Å². The predicted molar refractivity (Wildman–Crippen MR) is 138 cm³/mol. The number of Topliss-reactive ketones (excluding diaryl/α,β-unsaturated/α-hetero) is 1. The van der Waals surface area contributed by atoms with Crippen molar-refractivity contribution in [3.05, 3.63) is 12.7 Å². The van der Waals surface area contributed by atoms with Crippen LogP contribution in [0.25, 0.3) is 0 Å². The summed E-state index contributed by atoms with van der Waals surface area (Å²) < 4.78 is 26.0. The van der Waals surface area contributed by atoms with E-state index in [-0.39, 0.29) is 24.2 Å². The lowest BCUT2D eigenvalue weighted by Gasteiger charge is -2.74. The molecule has 1 unspecified atom stereocenters. The summed E-state index contributed by atoms with van der Waals surface area (Å²) in [6, 6.07) is 0. The molecule has 0 bridgehead atoms. The second-order valence-electron chi connectivity index (χ2n) is 13.4. The van der Waals surface area contributed by atoms with Crippen molar-refractivity contribution >= 4 is 11.9 Å². The minimum absolute atomic E-state index is 0.0457. The van der Waals surface area contributed by atoms with Gasteiger partial charge in [0.05, 0.1) is 17.8 Å². The Bertz CT molecular complexity index is 953. The molecule has 37 heavy (non-hydrogen) atoms. The first-order chi connectivity index (χ1) is 17.0. The van der Waals surface area contributed by atoms with Gasteiger partial charge >= 0.3 is 6.09 Å². The van der Waals surface area contributed by atoms with E-state index in [2.05, 4.69) is 25.7 Å². The summed E-state index contributed by atoms with van der Waals surface area (Å²) in [6.45, 7) is 18.0. The van der Waals surface area contributed by atoms with Crippen molar-refractivity contribution in [2.24, 2.45) is 22.7 Å². The minimum atomic E-state index is -1.55. The normalized spacial score (nSPS) is 46.7. The number of hydrogen-bond acceptors (Lipinski definition) is 8. The molecule has 2 N–H and O–H groups in total. The summed E-state index contributed by atoms with van der Waals surface area (Å²) in [5, 5.41) is 14.9. The summed E-state index contributed by atoms with van der Waals surface area (Å²) in [7, 11) is 3.66. The van der Waals surface area contributed by atoms with Gasteiger partial charge in [0.15, 0.2) is 17.5 Å². The highest BCUT2D eigenvalue weighted by Crippen LogP contribution is 2.70. The second kappa shape index (κ2) is 9.01. The Kier molecular flexibility index (Phi) is 6.94. The zero-order chi connectivity index (χ0) is 27.8. The molecule has 4 fully saturated rings.